The fraction of sp³-hybridized carbons (Fsp3) is 0.714. The third kappa shape index (κ3) is 1.10. The highest BCUT2D eigenvalue weighted by Crippen LogP contribution is 2.38. The van der Waals surface area contributed by atoms with E-state index in [2.05, 4.69) is 12.2 Å². The van der Waals surface area contributed by atoms with Gasteiger partial charge in [-0.25, -0.2) is 0 Å². The van der Waals surface area contributed by atoms with Crippen LogP contribution in [0.1, 0.15) is 13.3 Å². The van der Waals surface area contributed by atoms with E-state index in [1.54, 1.807) is 0 Å². The fourth-order valence-electron chi connectivity index (χ4n) is 0.964. The van der Waals surface area contributed by atoms with Crippen LogP contribution in [0.25, 0.3) is 0 Å². The van der Waals surface area contributed by atoms with Crippen molar-refractivity contribution in [2.45, 2.75) is 13.3 Å². The van der Waals surface area contributed by atoms with Crippen LogP contribution in [-0.2, 0) is 0 Å². The normalized spacial score (nSPS) is 36.2. The summed E-state index contributed by atoms with van der Waals surface area (Å²) in [5.41, 5.74) is 0. The summed E-state index contributed by atoms with van der Waals surface area (Å²) in [6, 6.07) is 0. The Morgan fingerprint density at radius 3 is 2.88 bits per heavy atom. The first-order chi connectivity index (χ1) is 3.88. The molecule has 1 fully saturated rings. The van der Waals surface area contributed by atoms with Gasteiger partial charge in [-0.1, -0.05) is 12.2 Å². The predicted molar refractivity (Wildman–Crippen MR) is 33.5 cm³/mol. The molecule has 1 N–H and O–H groups in total. The largest absolute Gasteiger partial charge is 0.396 e. The molecule has 0 aromatic heterocycles. The lowest BCUT2D eigenvalue weighted by atomic mass is 10.3. The van der Waals surface area contributed by atoms with E-state index in [0.29, 0.717) is 18.4 Å². The van der Waals surface area contributed by atoms with E-state index >= 15 is 0 Å². The predicted octanol–water partition coefficient (Wildman–Crippen LogP) is 1.19. The van der Waals surface area contributed by atoms with Gasteiger partial charge in [0.2, 0.25) is 0 Å². The van der Waals surface area contributed by atoms with Gasteiger partial charge >= 0.3 is 0 Å². The summed E-state index contributed by atoms with van der Waals surface area (Å²) in [7, 11) is 0. The van der Waals surface area contributed by atoms with E-state index < -0.39 is 0 Å². The zero-order valence-corrected chi connectivity index (χ0v) is 5.17. The average Bonchev–Trinajstić information content (AvgIpc) is 2.48. The smallest absolute Gasteiger partial charge is 0.0465 e. The fourth-order valence-corrected chi connectivity index (χ4v) is 0.964. The van der Waals surface area contributed by atoms with E-state index in [4.69, 9.17) is 5.11 Å². The SMILES string of the molecule is C/C=C\C1CC1CO. The molecule has 1 aliphatic rings. The summed E-state index contributed by atoms with van der Waals surface area (Å²) in [6.07, 6.45) is 5.42. The lowest BCUT2D eigenvalue weighted by molar-refractivity contribution is 0.272. The second kappa shape index (κ2) is 2.31. The topological polar surface area (TPSA) is 20.2 Å². The molecule has 0 radical (unpaired) electrons. The number of aliphatic hydroxyl groups excluding tert-OH is 1. The molecular weight excluding hydrogens is 100 g/mol. The van der Waals surface area contributed by atoms with Gasteiger partial charge in [0.15, 0.2) is 0 Å². The third-order valence-electron chi connectivity index (χ3n) is 1.65. The highest BCUT2D eigenvalue weighted by atomic mass is 16.3. The molecule has 0 aliphatic heterocycles. The van der Waals surface area contributed by atoms with Gasteiger partial charge in [0.1, 0.15) is 0 Å². The molecule has 8 heavy (non-hydrogen) atoms. The summed E-state index contributed by atoms with van der Waals surface area (Å²) in [5.74, 6) is 1.29. The van der Waals surface area contributed by atoms with E-state index in [0.717, 1.165) is 0 Å². The van der Waals surface area contributed by atoms with Crippen LogP contribution in [0.4, 0.5) is 0 Å². The van der Waals surface area contributed by atoms with Crippen molar-refractivity contribution in [3.8, 4) is 0 Å². The first-order valence-corrected chi connectivity index (χ1v) is 3.12. The molecule has 2 atom stereocenters. The van der Waals surface area contributed by atoms with Gasteiger partial charge in [-0.05, 0) is 25.2 Å². The number of allylic oxidation sites excluding steroid dienone is 2. The van der Waals surface area contributed by atoms with Crippen LogP contribution in [0, 0.1) is 11.8 Å². The molecular formula is C7H12O. The van der Waals surface area contributed by atoms with Crippen molar-refractivity contribution < 1.29 is 5.11 Å². The molecule has 2 unspecified atom stereocenters. The summed E-state index contributed by atoms with van der Waals surface area (Å²) in [6.45, 7) is 2.39. The third-order valence-corrected chi connectivity index (χ3v) is 1.65. The molecule has 0 aromatic carbocycles. The molecule has 1 rings (SSSR count). The first-order valence-electron chi connectivity index (χ1n) is 3.12. The maximum atomic E-state index is 8.57. The van der Waals surface area contributed by atoms with Crippen LogP contribution in [0.15, 0.2) is 12.2 Å². The maximum absolute atomic E-state index is 8.57. The molecule has 0 amide bonds. The van der Waals surface area contributed by atoms with Gasteiger partial charge in [-0.3, -0.25) is 0 Å². The highest BCUT2D eigenvalue weighted by Gasteiger charge is 2.33. The molecule has 0 spiro atoms. The van der Waals surface area contributed by atoms with E-state index in [9.17, 15) is 0 Å². The van der Waals surface area contributed by atoms with Gasteiger partial charge in [0, 0.05) is 6.61 Å². The molecule has 1 nitrogen and oxygen atoms in total. The summed E-state index contributed by atoms with van der Waals surface area (Å²) < 4.78 is 0. The molecule has 1 saturated carbocycles. The van der Waals surface area contributed by atoms with Crippen molar-refractivity contribution >= 4 is 0 Å². The van der Waals surface area contributed by atoms with Crippen LogP contribution in [0.2, 0.25) is 0 Å². The standard InChI is InChI=1S/C7H12O/c1-2-3-6-4-7(6)5-8/h2-3,6-8H,4-5H2,1H3/b3-2-. The van der Waals surface area contributed by atoms with Crippen molar-refractivity contribution in [1.82, 2.24) is 0 Å². The van der Waals surface area contributed by atoms with Crippen LogP contribution in [-0.4, -0.2) is 11.7 Å². The quantitative estimate of drug-likeness (QED) is 0.532. The molecule has 0 saturated heterocycles. The van der Waals surface area contributed by atoms with Gasteiger partial charge in [0.05, 0.1) is 0 Å². The van der Waals surface area contributed by atoms with Crippen LogP contribution >= 0.6 is 0 Å². The molecule has 1 aliphatic carbocycles. The average molecular weight is 112 g/mol. The Morgan fingerprint density at radius 2 is 2.50 bits per heavy atom. The number of aliphatic hydroxyl groups is 1. The maximum Gasteiger partial charge on any atom is 0.0465 e. The summed E-state index contributed by atoms with van der Waals surface area (Å²) in [5, 5.41) is 8.57. The van der Waals surface area contributed by atoms with Crippen molar-refractivity contribution in [3.05, 3.63) is 12.2 Å². The van der Waals surface area contributed by atoms with Crippen LogP contribution in [0.5, 0.6) is 0 Å². The molecule has 0 heterocycles. The van der Waals surface area contributed by atoms with Crippen molar-refractivity contribution in [3.63, 3.8) is 0 Å². The van der Waals surface area contributed by atoms with E-state index in [1.165, 1.54) is 6.42 Å². The van der Waals surface area contributed by atoms with Gasteiger partial charge < -0.3 is 5.11 Å². The van der Waals surface area contributed by atoms with Crippen molar-refractivity contribution in [2.24, 2.45) is 11.8 Å². The lowest BCUT2D eigenvalue weighted by Gasteiger charge is -1.82. The highest BCUT2D eigenvalue weighted by molar-refractivity contribution is 5.00. The van der Waals surface area contributed by atoms with Crippen LogP contribution < -0.4 is 0 Å². The Labute approximate surface area is 50.0 Å². The second-order valence-corrected chi connectivity index (χ2v) is 2.37. The second-order valence-electron chi connectivity index (χ2n) is 2.37. The Hall–Kier alpha value is -0.300. The minimum Gasteiger partial charge on any atom is -0.396 e. The lowest BCUT2D eigenvalue weighted by Crippen LogP contribution is -1.84. The molecule has 46 valence electrons. The van der Waals surface area contributed by atoms with E-state index in [1.807, 2.05) is 6.92 Å². The Morgan fingerprint density at radius 1 is 1.75 bits per heavy atom. The van der Waals surface area contributed by atoms with E-state index in [-0.39, 0.29) is 0 Å². The van der Waals surface area contributed by atoms with Gasteiger partial charge in [0.25, 0.3) is 0 Å². The monoisotopic (exact) mass is 112 g/mol. The minimum absolute atomic E-state index is 0.370. The van der Waals surface area contributed by atoms with Gasteiger partial charge in [-0.2, -0.15) is 0 Å². The molecule has 0 bridgehead atoms. The first kappa shape index (κ1) is 5.83. The zero-order chi connectivity index (χ0) is 5.98. The Balaban J connectivity index is 2.17. The zero-order valence-electron chi connectivity index (χ0n) is 5.17. The molecule has 0 aromatic rings. The van der Waals surface area contributed by atoms with Crippen molar-refractivity contribution in [2.75, 3.05) is 6.61 Å². The van der Waals surface area contributed by atoms with Gasteiger partial charge in [-0.15, -0.1) is 0 Å². The number of hydrogen-bond donors (Lipinski definition) is 1. The Kier molecular flexibility index (Phi) is 1.69. The number of hydrogen-bond acceptors (Lipinski definition) is 1. The summed E-state index contributed by atoms with van der Waals surface area (Å²) >= 11 is 0. The Bertz CT molecular complexity index is 96.6. The van der Waals surface area contributed by atoms with Crippen LogP contribution in [0.3, 0.4) is 0 Å². The van der Waals surface area contributed by atoms with Crippen molar-refractivity contribution in [1.29, 1.82) is 0 Å². The minimum atomic E-state index is 0.370. The molecule has 1 heteroatoms. The number of rotatable bonds is 2. The summed E-state index contributed by atoms with van der Waals surface area (Å²) in [4.78, 5) is 0.